The molecule has 122 valence electrons. The first-order valence-electron chi connectivity index (χ1n) is 7.52. The van der Waals surface area contributed by atoms with Gasteiger partial charge in [0.2, 0.25) is 5.91 Å². The minimum Gasteiger partial charge on any atom is -0.310 e. The van der Waals surface area contributed by atoms with Crippen LogP contribution in [0.1, 0.15) is 0 Å². The first-order chi connectivity index (χ1) is 11.7. The number of thioether (sulfide) groups is 2. The highest BCUT2D eigenvalue weighted by Gasteiger charge is 2.23. The zero-order valence-electron chi connectivity index (χ0n) is 13.0. The van der Waals surface area contributed by atoms with Crippen molar-refractivity contribution in [3.05, 3.63) is 36.8 Å². The van der Waals surface area contributed by atoms with Crippen LogP contribution in [0.25, 0.3) is 11.0 Å². The van der Waals surface area contributed by atoms with E-state index in [9.17, 15) is 4.79 Å². The number of aryl methyl sites for hydroxylation is 1. The molecular weight excluding hydrogens is 342 g/mol. The van der Waals surface area contributed by atoms with Gasteiger partial charge in [-0.3, -0.25) is 9.48 Å². The maximum Gasteiger partial charge on any atom is 0.237 e. The molecule has 3 aromatic rings. The van der Waals surface area contributed by atoms with Crippen LogP contribution in [0.4, 0.5) is 5.69 Å². The lowest BCUT2D eigenvalue weighted by atomic mass is 10.3. The van der Waals surface area contributed by atoms with Crippen molar-refractivity contribution in [2.75, 3.05) is 23.0 Å². The second kappa shape index (κ2) is 6.45. The average molecular weight is 357 g/mol. The third-order valence-corrected chi connectivity index (χ3v) is 5.89. The number of benzene rings is 1. The average Bonchev–Trinajstić information content (AvgIpc) is 3.01. The molecule has 1 aliphatic rings. The van der Waals surface area contributed by atoms with Crippen LogP contribution in [-0.4, -0.2) is 43.7 Å². The lowest BCUT2D eigenvalue weighted by Gasteiger charge is -2.28. The predicted octanol–water partition coefficient (Wildman–Crippen LogP) is 2.59. The Morgan fingerprint density at radius 1 is 1.33 bits per heavy atom. The van der Waals surface area contributed by atoms with E-state index in [0.717, 1.165) is 34.0 Å². The van der Waals surface area contributed by atoms with Crippen molar-refractivity contribution in [1.29, 1.82) is 0 Å². The van der Waals surface area contributed by atoms with Gasteiger partial charge in [-0.05, 0) is 12.1 Å². The number of aromatic nitrogens is 4. The van der Waals surface area contributed by atoms with Gasteiger partial charge in [0.15, 0.2) is 5.65 Å². The Balaban J connectivity index is 1.53. The summed E-state index contributed by atoms with van der Waals surface area (Å²) in [5.74, 6) is 1.37. The van der Waals surface area contributed by atoms with Gasteiger partial charge in [-0.25, -0.2) is 9.97 Å². The van der Waals surface area contributed by atoms with Crippen LogP contribution in [0.15, 0.2) is 46.7 Å². The molecule has 0 aliphatic carbocycles. The monoisotopic (exact) mass is 357 g/mol. The minimum absolute atomic E-state index is 0.100. The van der Waals surface area contributed by atoms with Gasteiger partial charge in [0.1, 0.15) is 11.4 Å². The first kappa shape index (κ1) is 15.5. The number of para-hydroxylation sites is 1. The summed E-state index contributed by atoms with van der Waals surface area (Å²) in [6.45, 7) is 0.743. The van der Waals surface area contributed by atoms with Gasteiger partial charge in [0, 0.05) is 24.2 Å². The Morgan fingerprint density at radius 2 is 2.21 bits per heavy atom. The topological polar surface area (TPSA) is 63.9 Å². The standard InChI is InChI=1S/C16H15N5OS2/c1-20-15-11(8-19-20)16(18-10-17-15)24-9-14(22)21-6-7-23-13-5-3-2-4-12(13)21/h2-5,8,10H,6-7,9H2,1H3. The number of carbonyl (C=O) groups excluding carboxylic acids is 1. The van der Waals surface area contributed by atoms with E-state index in [-0.39, 0.29) is 5.91 Å². The van der Waals surface area contributed by atoms with Crippen molar-refractivity contribution in [1.82, 2.24) is 19.7 Å². The Hall–Kier alpha value is -2.06. The van der Waals surface area contributed by atoms with Gasteiger partial charge in [0.25, 0.3) is 0 Å². The second-order valence-corrected chi connectivity index (χ2v) is 7.44. The molecule has 2 aromatic heterocycles. The number of carbonyl (C=O) groups is 1. The highest BCUT2D eigenvalue weighted by atomic mass is 32.2. The van der Waals surface area contributed by atoms with Gasteiger partial charge in [-0.2, -0.15) is 5.10 Å². The Morgan fingerprint density at radius 3 is 3.12 bits per heavy atom. The fourth-order valence-electron chi connectivity index (χ4n) is 2.69. The molecular formula is C16H15N5OS2. The zero-order valence-corrected chi connectivity index (χ0v) is 14.7. The smallest absolute Gasteiger partial charge is 0.237 e. The maximum atomic E-state index is 12.7. The molecule has 1 amide bonds. The summed E-state index contributed by atoms with van der Waals surface area (Å²) < 4.78 is 1.71. The fraction of sp³-hybridized carbons (Fsp3) is 0.250. The molecule has 0 N–H and O–H groups in total. The summed E-state index contributed by atoms with van der Waals surface area (Å²) in [6.07, 6.45) is 3.26. The molecule has 6 nitrogen and oxygen atoms in total. The zero-order chi connectivity index (χ0) is 16.5. The van der Waals surface area contributed by atoms with E-state index in [1.165, 1.54) is 23.0 Å². The van der Waals surface area contributed by atoms with Gasteiger partial charge in [-0.15, -0.1) is 11.8 Å². The van der Waals surface area contributed by atoms with E-state index in [4.69, 9.17) is 0 Å². The predicted molar refractivity (Wildman–Crippen MR) is 96.5 cm³/mol. The number of hydrogen-bond donors (Lipinski definition) is 0. The van der Waals surface area contributed by atoms with E-state index in [0.29, 0.717) is 5.75 Å². The molecule has 0 atom stereocenters. The number of amides is 1. The van der Waals surface area contributed by atoms with Crippen molar-refractivity contribution in [3.63, 3.8) is 0 Å². The number of hydrogen-bond acceptors (Lipinski definition) is 6. The minimum atomic E-state index is 0.100. The molecule has 4 rings (SSSR count). The molecule has 0 spiro atoms. The summed E-state index contributed by atoms with van der Waals surface area (Å²) in [4.78, 5) is 24.3. The van der Waals surface area contributed by atoms with Crippen molar-refractivity contribution >= 4 is 46.2 Å². The SMILES string of the molecule is Cn1ncc2c(SCC(=O)N3CCSc4ccccc43)ncnc21. The fourth-order valence-corrected chi connectivity index (χ4v) is 4.52. The van der Waals surface area contributed by atoms with Crippen LogP contribution < -0.4 is 4.90 Å². The summed E-state index contributed by atoms with van der Waals surface area (Å²) in [6, 6.07) is 8.06. The van der Waals surface area contributed by atoms with Gasteiger partial charge in [-0.1, -0.05) is 23.9 Å². The second-order valence-electron chi connectivity index (χ2n) is 5.33. The third kappa shape index (κ3) is 2.76. The summed E-state index contributed by atoms with van der Waals surface area (Å²) >= 11 is 3.23. The van der Waals surface area contributed by atoms with Crippen molar-refractivity contribution in [2.45, 2.75) is 9.92 Å². The van der Waals surface area contributed by atoms with Gasteiger partial charge >= 0.3 is 0 Å². The molecule has 0 radical (unpaired) electrons. The lowest BCUT2D eigenvalue weighted by Crippen LogP contribution is -2.36. The highest BCUT2D eigenvalue weighted by molar-refractivity contribution is 8.00. The highest BCUT2D eigenvalue weighted by Crippen LogP contribution is 2.35. The van der Waals surface area contributed by atoms with Crippen LogP contribution in [0.2, 0.25) is 0 Å². The maximum absolute atomic E-state index is 12.7. The summed E-state index contributed by atoms with van der Waals surface area (Å²) in [5, 5.41) is 5.88. The lowest BCUT2D eigenvalue weighted by molar-refractivity contribution is -0.116. The molecule has 3 heterocycles. The Kier molecular flexibility index (Phi) is 4.15. The van der Waals surface area contributed by atoms with Crippen LogP contribution in [0, 0.1) is 0 Å². The van der Waals surface area contributed by atoms with Crippen LogP contribution in [-0.2, 0) is 11.8 Å². The van der Waals surface area contributed by atoms with E-state index in [1.54, 1.807) is 22.6 Å². The van der Waals surface area contributed by atoms with E-state index < -0.39 is 0 Å². The number of fused-ring (bicyclic) bond motifs is 2. The quantitative estimate of drug-likeness (QED) is 0.530. The molecule has 0 saturated carbocycles. The molecule has 0 unspecified atom stereocenters. The largest absolute Gasteiger partial charge is 0.310 e. The molecule has 24 heavy (non-hydrogen) atoms. The molecule has 0 bridgehead atoms. The van der Waals surface area contributed by atoms with Crippen molar-refractivity contribution < 1.29 is 4.79 Å². The normalized spacial score (nSPS) is 14.0. The molecule has 1 aliphatic heterocycles. The Bertz CT molecular complexity index is 910. The van der Waals surface area contributed by atoms with Gasteiger partial charge in [0.05, 0.1) is 23.0 Å². The van der Waals surface area contributed by atoms with Crippen molar-refractivity contribution in [3.8, 4) is 0 Å². The van der Waals surface area contributed by atoms with Crippen LogP contribution in [0.5, 0.6) is 0 Å². The summed E-state index contributed by atoms with van der Waals surface area (Å²) in [5.41, 5.74) is 1.79. The van der Waals surface area contributed by atoms with E-state index in [2.05, 4.69) is 21.1 Å². The van der Waals surface area contributed by atoms with Crippen LogP contribution >= 0.6 is 23.5 Å². The van der Waals surface area contributed by atoms with Crippen molar-refractivity contribution in [2.24, 2.45) is 7.05 Å². The van der Waals surface area contributed by atoms with Gasteiger partial charge < -0.3 is 4.90 Å². The molecule has 8 heteroatoms. The molecule has 1 aromatic carbocycles. The van der Waals surface area contributed by atoms with E-state index >= 15 is 0 Å². The molecule has 0 saturated heterocycles. The number of nitrogens with zero attached hydrogens (tertiary/aromatic N) is 5. The Labute approximate surface area is 147 Å². The summed E-state index contributed by atoms with van der Waals surface area (Å²) in [7, 11) is 1.84. The number of anilines is 1. The van der Waals surface area contributed by atoms with E-state index in [1.807, 2.05) is 30.1 Å². The van der Waals surface area contributed by atoms with Crippen LogP contribution in [0.3, 0.4) is 0 Å². The number of rotatable bonds is 3. The third-order valence-electron chi connectivity index (χ3n) is 3.85. The first-order valence-corrected chi connectivity index (χ1v) is 9.49. The molecule has 0 fully saturated rings.